The number of amides is 2. The Bertz CT molecular complexity index is 803. The number of carbonyl (C=O) groups is 2. The van der Waals surface area contributed by atoms with Gasteiger partial charge in [0.2, 0.25) is 11.8 Å². The van der Waals surface area contributed by atoms with Crippen molar-refractivity contribution in [3.63, 3.8) is 0 Å². The zero-order valence-corrected chi connectivity index (χ0v) is 17.7. The fourth-order valence-electron chi connectivity index (χ4n) is 5.81. The van der Waals surface area contributed by atoms with E-state index in [1.54, 1.807) is 0 Å². The van der Waals surface area contributed by atoms with E-state index in [0.717, 1.165) is 32.1 Å². The number of imide groups is 1. The molecule has 1 aliphatic heterocycles. The van der Waals surface area contributed by atoms with E-state index in [0.29, 0.717) is 42.9 Å². The van der Waals surface area contributed by atoms with Gasteiger partial charge in [0, 0.05) is 13.0 Å². The Morgan fingerprint density at radius 1 is 1.31 bits per heavy atom. The van der Waals surface area contributed by atoms with Crippen LogP contribution < -0.4 is 10.1 Å². The molecule has 7 nitrogen and oxygen atoms in total. The summed E-state index contributed by atoms with van der Waals surface area (Å²) < 4.78 is 9.90. The average Bonchev–Trinajstić information content (AvgIpc) is 2.72. The van der Waals surface area contributed by atoms with Crippen molar-refractivity contribution in [3.8, 4) is 5.75 Å². The third-order valence-corrected chi connectivity index (χ3v) is 7.56. The van der Waals surface area contributed by atoms with E-state index in [2.05, 4.69) is 22.3 Å². The molecule has 1 aromatic rings. The van der Waals surface area contributed by atoms with Gasteiger partial charge in [0.05, 0.1) is 5.41 Å². The number of hydrogen-bond acceptors (Lipinski definition) is 7. The van der Waals surface area contributed by atoms with Crippen molar-refractivity contribution in [2.75, 3.05) is 6.54 Å². The van der Waals surface area contributed by atoms with Crippen LogP contribution in [0.5, 0.6) is 5.75 Å². The quantitative estimate of drug-likeness (QED) is 0.247. The highest BCUT2D eigenvalue weighted by atomic mass is 32.2. The molecular weight excluding hydrogens is 392 g/mol. The summed E-state index contributed by atoms with van der Waals surface area (Å²) in [5.41, 5.74) is 2.18. The third kappa shape index (κ3) is 3.56. The first-order chi connectivity index (χ1) is 14.0. The lowest BCUT2D eigenvalue weighted by molar-refractivity contribution is -0.199. The maximum Gasteiger partial charge on any atom is 0.260 e. The summed E-state index contributed by atoms with van der Waals surface area (Å²) in [6.45, 7) is 4.64. The van der Waals surface area contributed by atoms with Crippen LogP contribution in [-0.2, 0) is 25.3 Å². The van der Waals surface area contributed by atoms with Crippen molar-refractivity contribution in [2.45, 2.75) is 58.3 Å². The summed E-state index contributed by atoms with van der Waals surface area (Å²) >= 11 is 0.672. The maximum absolute atomic E-state index is 13.2. The van der Waals surface area contributed by atoms with Crippen molar-refractivity contribution in [2.24, 2.45) is 23.1 Å². The minimum Gasteiger partial charge on any atom is -0.399 e. The van der Waals surface area contributed by atoms with Gasteiger partial charge in [-0.25, -0.2) is 0 Å². The first-order valence-corrected chi connectivity index (χ1v) is 11.0. The van der Waals surface area contributed by atoms with E-state index >= 15 is 0 Å². The van der Waals surface area contributed by atoms with Gasteiger partial charge in [-0.1, -0.05) is 19.9 Å². The van der Waals surface area contributed by atoms with Crippen molar-refractivity contribution in [3.05, 3.63) is 29.3 Å². The van der Waals surface area contributed by atoms with Gasteiger partial charge in [0.1, 0.15) is 5.75 Å². The highest BCUT2D eigenvalue weighted by Gasteiger charge is 2.57. The van der Waals surface area contributed by atoms with Gasteiger partial charge < -0.3 is 4.18 Å². The lowest BCUT2D eigenvalue weighted by Gasteiger charge is -2.54. The lowest BCUT2D eigenvalue weighted by atomic mass is 9.52. The van der Waals surface area contributed by atoms with Crippen LogP contribution in [0.3, 0.4) is 0 Å². The number of likely N-dealkylation sites (tertiary alicyclic amines) is 1. The van der Waals surface area contributed by atoms with E-state index in [9.17, 15) is 9.59 Å². The van der Waals surface area contributed by atoms with Gasteiger partial charge >= 0.3 is 0 Å². The largest absolute Gasteiger partial charge is 0.399 e. The van der Waals surface area contributed by atoms with E-state index < -0.39 is 5.41 Å². The molecule has 4 rings (SSSR count). The van der Waals surface area contributed by atoms with Crippen LogP contribution in [-0.4, -0.2) is 23.3 Å². The molecular formula is C21H28N2O5S. The summed E-state index contributed by atoms with van der Waals surface area (Å²) in [7, 11) is 0. The molecule has 1 saturated heterocycles. The van der Waals surface area contributed by atoms with Gasteiger partial charge in [-0.05, 0) is 73.1 Å². The number of rotatable bonds is 6. The molecule has 1 heterocycles. The summed E-state index contributed by atoms with van der Waals surface area (Å²) in [5, 5.41) is 0. The standard InChI is InChI=1S/C21H28N2O5S/c1-3-10-23-19(24)12-18-17-6-4-13-11-14(26-29-28-27-22)5-7-15(13)16(17)8-9-21(18,2)20(23)25/h5,7,11,16-18H,3-4,6,8-10,12,22H2,1-2H3/t16?,17?,18?,21-/m0/s1. The van der Waals surface area contributed by atoms with Crippen LogP contribution in [0.15, 0.2) is 18.2 Å². The van der Waals surface area contributed by atoms with Crippen LogP contribution in [0.25, 0.3) is 0 Å². The number of fused-ring (bicyclic) bond motifs is 5. The second kappa shape index (κ2) is 8.26. The molecule has 2 N–H and O–H groups in total. The number of piperidine rings is 1. The van der Waals surface area contributed by atoms with Crippen LogP contribution in [0.1, 0.15) is 63.0 Å². The Morgan fingerprint density at radius 3 is 2.90 bits per heavy atom. The van der Waals surface area contributed by atoms with Crippen LogP contribution in [0, 0.1) is 17.3 Å². The topological polar surface area (TPSA) is 91.1 Å². The van der Waals surface area contributed by atoms with Crippen molar-refractivity contribution in [1.82, 2.24) is 4.90 Å². The molecule has 0 bridgehead atoms. The van der Waals surface area contributed by atoms with Gasteiger partial charge in [0.25, 0.3) is 12.3 Å². The Labute approximate surface area is 175 Å². The minimum atomic E-state index is -0.416. The third-order valence-electron chi connectivity index (χ3n) is 7.16. The Morgan fingerprint density at radius 2 is 2.14 bits per heavy atom. The normalized spacial score (nSPS) is 31.1. The first-order valence-electron chi connectivity index (χ1n) is 10.3. The van der Waals surface area contributed by atoms with Gasteiger partial charge in [-0.3, -0.25) is 14.5 Å². The Kier molecular flexibility index (Phi) is 5.88. The molecule has 0 spiro atoms. The fraction of sp³-hybridized carbons (Fsp3) is 0.619. The highest BCUT2D eigenvalue weighted by Crippen LogP contribution is 2.58. The van der Waals surface area contributed by atoms with E-state index in [-0.39, 0.29) is 17.7 Å². The van der Waals surface area contributed by atoms with Crippen molar-refractivity contribution in [1.29, 1.82) is 0 Å². The van der Waals surface area contributed by atoms with E-state index in [4.69, 9.17) is 10.1 Å². The number of aryl methyl sites for hydroxylation is 1. The number of benzene rings is 1. The van der Waals surface area contributed by atoms with Crippen LogP contribution in [0.4, 0.5) is 0 Å². The van der Waals surface area contributed by atoms with Crippen molar-refractivity contribution < 1.29 is 23.1 Å². The average molecular weight is 421 g/mol. The molecule has 3 unspecified atom stereocenters. The maximum atomic E-state index is 13.2. The van der Waals surface area contributed by atoms with Crippen molar-refractivity contribution >= 4 is 24.1 Å². The molecule has 2 aliphatic carbocycles. The predicted octanol–water partition coefficient (Wildman–Crippen LogP) is 3.68. The number of hydrogen-bond donors (Lipinski definition) is 1. The zero-order valence-electron chi connectivity index (χ0n) is 16.9. The summed E-state index contributed by atoms with van der Waals surface area (Å²) in [6, 6.07) is 6.07. The molecule has 0 radical (unpaired) electrons. The van der Waals surface area contributed by atoms with Gasteiger partial charge in [0.15, 0.2) is 0 Å². The summed E-state index contributed by atoms with van der Waals surface area (Å²) in [4.78, 5) is 31.5. The molecule has 1 saturated carbocycles. The lowest BCUT2D eigenvalue weighted by Crippen LogP contribution is -2.59. The molecule has 8 heteroatoms. The van der Waals surface area contributed by atoms with Crippen LogP contribution >= 0.6 is 12.3 Å². The number of nitrogens with two attached hydrogens (primary N) is 1. The number of nitrogens with zero attached hydrogens (tertiary/aromatic N) is 1. The molecule has 29 heavy (non-hydrogen) atoms. The predicted molar refractivity (Wildman–Crippen MR) is 108 cm³/mol. The Balaban J connectivity index is 1.56. The number of carbonyl (C=O) groups excluding carboxylic acids is 2. The molecule has 2 fully saturated rings. The smallest absolute Gasteiger partial charge is 0.260 e. The molecule has 158 valence electrons. The molecule has 4 atom stereocenters. The molecule has 0 aromatic heterocycles. The fourth-order valence-corrected chi connectivity index (χ4v) is 6.05. The zero-order chi connectivity index (χ0) is 20.6. The SMILES string of the molecule is CCCN1C(=O)CC2C3CCc4cc(OSOON)ccc4C3CC[C@]2(C)C1=O. The molecule has 1 aromatic carbocycles. The van der Waals surface area contributed by atoms with E-state index in [1.807, 2.05) is 19.1 Å². The van der Waals surface area contributed by atoms with Gasteiger partial charge in [-0.15, -0.1) is 9.32 Å². The molecule has 2 amide bonds. The summed E-state index contributed by atoms with van der Waals surface area (Å²) in [6.07, 6.45) is 5.02. The molecule has 3 aliphatic rings. The van der Waals surface area contributed by atoms with Gasteiger partial charge in [-0.2, -0.15) is 5.90 Å². The summed E-state index contributed by atoms with van der Waals surface area (Å²) in [5.74, 6) is 6.44. The Hall–Kier alpha value is -1.61. The second-order valence-corrected chi connectivity index (χ2v) is 9.04. The minimum absolute atomic E-state index is 0.00803. The second-order valence-electron chi connectivity index (χ2n) is 8.60. The highest BCUT2D eigenvalue weighted by molar-refractivity contribution is 7.90. The monoisotopic (exact) mass is 420 g/mol. The van der Waals surface area contributed by atoms with E-state index in [1.165, 1.54) is 16.0 Å². The van der Waals surface area contributed by atoms with Crippen LogP contribution in [0.2, 0.25) is 0 Å². The first kappa shape index (κ1) is 20.7.